The molecule has 3 N–H and O–H groups in total. The van der Waals surface area contributed by atoms with Crippen molar-refractivity contribution >= 4 is 40.1 Å². The van der Waals surface area contributed by atoms with Gasteiger partial charge in [0, 0.05) is 15.6 Å². The van der Waals surface area contributed by atoms with E-state index in [4.69, 9.17) is 27.2 Å². The van der Waals surface area contributed by atoms with E-state index >= 15 is 0 Å². The second kappa shape index (κ2) is 10.7. The quantitative estimate of drug-likeness (QED) is 0.489. The molecule has 0 aromatic heterocycles. The van der Waals surface area contributed by atoms with Crippen LogP contribution in [0.25, 0.3) is 0 Å². The van der Waals surface area contributed by atoms with Crippen molar-refractivity contribution in [3.05, 3.63) is 59.1 Å². The highest BCUT2D eigenvalue weighted by Crippen LogP contribution is 2.23. The second-order valence-electron chi connectivity index (χ2n) is 4.40. The van der Waals surface area contributed by atoms with Crippen molar-refractivity contribution in [3.8, 4) is 0 Å². The SMILES string of the molecule is CCOC(=O)c1ccccc1SC(=O)CO.Nc1ccc(Cl)cc1. The normalized spacial score (nSPS) is 9.62. The summed E-state index contributed by atoms with van der Waals surface area (Å²) in [5, 5.41) is 8.96. The minimum atomic E-state index is -0.554. The molecule has 2 aromatic carbocycles. The third-order valence-corrected chi connectivity index (χ3v) is 3.79. The van der Waals surface area contributed by atoms with Gasteiger partial charge in [0.1, 0.15) is 6.61 Å². The van der Waals surface area contributed by atoms with Crippen LogP contribution in [0.4, 0.5) is 5.69 Å². The number of ether oxygens (including phenoxy) is 1. The van der Waals surface area contributed by atoms with E-state index in [0.717, 1.165) is 22.5 Å². The van der Waals surface area contributed by atoms with Gasteiger partial charge in [-0.2, -0.15) is 0 Å². The number of anilines is 1. The molecule has 128 valence electrons. The Morgan fingerprint density at radius 3 is 2.33 bits per heavy atom. The molecule has 0 aliphatic heterocycles. The number of nitrogen functional groups attached to an aromatic ring is 1. The minimum absolute atomic E-state index is 0.284. The molecule has 24 heavy (non-hydrogen) atoms. The lowest BCUT2D eigenvalue weighted by molar-refractivity contribution is -0.113. The molecule has 7 heteroatoms. The molecular weight excluding hydrogens is 350 g/mol. The van der Waals surface area contributed by atoms with Gasteiger partial charge >= 0.3 is 5.97 Å². The molecule has 0 amide bonds. The molecule has 5 nitrogen and oxygen atoms in total. The summed E-state index contributed by atoms with van der Waals surface area (Å²) in [4.78, 5) is 23.1. The maximum atomic E-state index is 11.5. The van der Waals surface area contributed by atoms with Crippen LogP contribution < -0.4 is 5.73 Å². The van der Waals surface area contributed by atoms with E-state index in [1.165, 1.54) is 0 Å². The number of carbonyl (C=O) groups is 2. The van der Waals surface area contributed by atoms with Crippen LogP contribution in [-0.2, 0) is 9.53 Å². The molecule has 0 fully saturated rings. The zero-order valence-corrected chi connectivity index (χ0v) is 14.6. The van der Waals surface area contributed by atoms with Crippen molar-refractivity contribution in [1.82, 2.24) is 0 Å². The van der Waals surface area contributed by atoms with E-state index in [1.54, 1.807) is 55.5 Å². The van der Waals surface area contributed by atoms with Crippen molar-refractivity contribution in [2.24, 2.45) is 0 Å². The van der Waals surface area contributed by atoms with Crippen LogP contribution in [0.1, 0.15) is 17.3 Å². The first-order valence-corrected chi connectivity index (χ1v) is 8.26. The number of hydrogen-bond donors (Lipinski definition) is 2. The van der Waals surface area contributed by atoms with Crippen LogP contribution >= 0.6 is 23.4 Å². The first kappa shape index (κ1) is 20.0. The van der Waals surface area contributed by atoms with Gasteiger partial charge in [-0.3, -0.25) is 4.79 Å². The zero-order valence-electron chi connectivity index (χ0n) is 13.1. The number of aliphatic hydroxyl groups excluding tert-OH is 1. The summed E-state index contributed by atoms with van der Waals surface area (Å²) in [6.45, 7) is 1.44. The summed E-state index contributed by atoms with van der Waals surface area (Å²) in [5.41, 5.74) is 6.46. The Bertz CT molecular complexity index is 656. The third kappa shape index (κ3) is 7.04. The minimum Gasteiger partial charge on any atom is -0.462 e. The smallest absolute Gasteiger partial charge is 0.339 e. The topological polar surface area (TPSA) is 89.6 Å². The Balaban J connectivity index is 0.000000300. The van der Waals surface area contributed by atoms with Crippen LogP contribution in [0.5, 0.6) is 0 Å². The maximum Gasteiger partial charge on any atom is 0.339 e. The zero-order chi connectivity index (χ0) is 17.9. The highest BCUT2D eigenvalue weighted by Gasteiger charge is 2.14. The number of nitrogens with two attached hydrogens (primary N) is 1. The number of benzene rings is 2. The van der Waals surface area contributed by atoms with Gasteiger partial charge in [0.15, 0.2) is 0 Å². The number of rotatable bonds is 4. The maximum absolute atomic E-state index is 11.5. The highest BCUT2D eigenvalue weighted by atomic mass is 35.5. The van der Waals surface area contributed by atoms with Gasteiger partial charge in [-0.1, -0.05) is 23.7 Å². The van der Waals surface area contributed by atoms with Crippen molar-refractivity contribution in [2.45, 2.75) is 11.8 Å². The number of hydrogen-bond acceptors (Lipinski definition) is 6. The largest absolute Gasteiger partial charge is 0.462 e. The summed E-state index contributed by atoms with van der Waals surface area (Å²) in [6.07, 6.45) is 0. The molecule has 0 heterocycles. The third-order valence-electron chi connectivity index (χ3n) is 2.61. The van der Waals surface area contributed by atoms with Crippen LogP contribution in [-0.4, -0.2) is 29.4 Å². The highest BCUT2D eigenvalue weighted by molar-refractivity contribution is 8.13. The van der Waals surface area contributed by atoms with E-state index < -0.39 is 17.7 Å². The second-order valence-corrected chi connectivity index (χ2v) is 5.94. The number of esters is 1. The molecule has 0 aliphatic rings. The Morgan fingerprint density at radius 1 is 1.17 bits per heavy atom. The molecule has 0 atom stereocenters. The molecule has 0 bridgehead atoms. The summed E-state index contributed by atoms with van der Waals surface area (Å²) < 4.78 is 4.86. The Labute approximate surface area is 149 Å². The number of aliphatic hydroxyl groups is 1. The van der Waals surface area contributed by atoms with Crippen LogP contribution in [0, 0.1) is 0 Å². The predicted octanol–water partition coefficient (Wildman–Crippen LogP) is 3.40. The first-order valence-electron chi connectivity index (χ1n) is 7.06. The monoisotopic (exact) mass is 367 g/mol. The van der Waals surface area contributed by atoms with Gasteiger partial charge in [0.25, 0.3) is 0 Å². The standard InChI is InChI=1S/C11H12O4S.C6H6ClN/c1-2-15-11(14)8-5-3-4-6-9(8)16-10(13)7-12;7-5-1-3-6(8)4-2-5/h3-6,12H,2,7H2,1H3;1-4H,8H2. The van der Waals surface area contributed by atoms with Crippen molar-refractivity contribution in [3.63, 3.8) is 0 Å². The summed E-state index contributed by atoms with van der Waals surface area (Å²) in [7, 11) is 0. The molecule has 0 radical (unpaired) electrons. The van der Waals surface area contributed by atoms with Crippen LogP contribution in [0.2, 0.25) is 5.02 Å². The molecule has 0 saturated heterocycles. The molecular formula is C17H18ClNO4S. The van der Waals surface area contributed by atoms with Gasteiger partial charge in [-0.25, -0.2) is 4.79 Å². The Kier molecular flexibility index (Phi) is 8.93. The molecule has 0 saturated carbocycles. The van der Waals surface area contributed by atoms with E-state index in [0.29, 0.717) is 10.5 Å². The van der Waals surface area contributed by atoms with E-state index in [1.807, 2.05) is 0 Å². The number of halogens is 1. The van der Waals surface area contributed by atoms with Gasteiger partial charge in [0.2, 0.25) is 5.12 Å². The average molecular weight is 368 g/mol. The molecule has 0 unspecified atom stereocenters. The summed E-state index contributed by atoms with van der Waals surface area (Å²) in [5.74, 6) is -0.462. The first-order chi connectivity index (χ1) is 11.5. The van der Waals surface area contributed by atoms with Crippen molar-refractivity contribution in [1.29, 1.82) is 0 Å². The number of carbonyl (C=O) groups excluding carboxylic acids is 2. The lowest BCUT2D eigenvalue weighted by Gasteiger charge is -2.06. The van der Waals surface area contributed by atoms with Crippen molar-refractivity contribution < 1.29 is 19.4 Å². The van der Waals surface area contributed by atoms with Crippen LogP contribution in [0.15, 0.2) is 53.4 Å². The van der Waals surface area contributed by atoms with E-state index in [2.05, 4.69) is 0 Å². The average Bonchev–Trinajstić information content (AvgIpc) is 2.58. The van der Waals surface area contributed by atoms with Gasteiger partial charge in [0.05, 0.1) is 12.2 Å². The van der Waals surface area contributed by atoms with Gasteiger partial charge in [-0.05, 0) is 55.1 Å². The fraction of sp³-hybridized carbons (Fsp3) is 0.176. The predicted molar refractivity (Wildman–Crippen MR) is 96.2 cm³/mol. The summed E-state index contributed by atoms with van der Waals surface area (Å²) in [6, 6.07) is 13.7. The molecule has 2 aromatic rings. The molecule has 2 rings (SSSR count). The van der Waals surface area contributed by atoms with Crippen molar-refractivity contribution in [2.75, 3.05) is 18.9 Å². The van der Waals surface area contributed by atoms with E-state index in [9.17, 15) is 9.59 Å². The fourth-order valence-corrected chi connectivity index (χ4v) is 2.39. The lowest BCUT2D eigenvalue weighted by Crippen LogP contribution is -2.07. The number of thioether (sulfide) groups is 1. The molecule has 0 aliphatic carbocycles. The summed E-state index contributed by atoms with van der Waals surface area (Å²) >= 11 is 6.39. The fourth-order valence-electron chi connectivity index (χ4n) is 1.55. The lowest BCUT2D eigenvalue weighted by atomic mass is 10.2. The van der Waals surface area contributed by atoms with Crippen LogP contribution in [0.3, 0.4) is 0 Å². The molecule has 0 spiro atoms. The Hall–Kier alpha value is -2.02. The van der Waals surface area contributed by atoms with E-state index in [-0.39, 0.29) is 6.61 Å². The van der Waals surface area contributed by atoms with Gasteiger partial charge in [-0.15, -0.1) is 0 Å². The Morgan fingerprint density at radius 2 is 1.79 bits per heavy atom. The van der Waals surface area contributed by atoms with Gasteiger partial charge < -0.3 is 15.6 Å².